The summed E-state index contributed by atoms with van der Waals surface area (Å²) in [7, 11) is 0. The van der Waals surface area contributed by atoms with E-state index in [9.17, 15) is 9.59 Å². The second-order valence-corrected chi connectivity index (χ2v) is 9.84. The van der Waals surface area contributed by atoms with Crippen LogP contribution in [0.5, 0.6) is 0 Å². The molecule has 7 nitrogen and oxygen atoms in total. The zero-order valence-electron chi connectivity index (χ0n) is 18.1. The zero-order valence-corrected chi connectivity index (χ0v) is 19.7. The number of urea groups is 2. The van der Waals surface area contributed by atoms with Crippen LogP contribution in [0.15, 0.2) is 29.6 Å². The first-order valence-corrected chi connectivity index (χ1v) is 12.7. The Morgan fingerprint density at radius 3 is 2.12 bits per heavy atom. The van der Waals surface area contributed by atoms with Crippen LogP contribution in [-0.4, -0.2) is 29.1 Å². The summed E-state index contributed by atoms with van der Waals surface area (Å²) in [6.45, 7) is 0. The fourth-order valence-electron chi connectivity index (χ4n) is 4.36. The van der Waals surface area contributed by atoms with Gasteiger partial charge in [0.15, 0.2) is 0 Å². The van der Waals surface area contributed by atoms with Crippen molar-refractivity contribution in [2.45, 2.75) is 76.3 Å². The quantitative estimate of drug-likeness (QED) is 0.484. The monoisotopic (exact) mass is 475 g/mol. The molecule has 2 fully saturated rings. The van der Waals surface area contributed by atoms with Crippen molar-refractivity contribution in [2.24, 2.45) is 0 Å². The summed E-state index contributed by atoms with van der Waals surface area (Å²) in [5, 5.41) is 10.3. The number of aromatic nitrogens is 1. The number of carbonyl (C=O) groups excluding carboxylic acids is 2. The van der Waals surface area contributed by atoms with Crippen molar-refractivity contribution >= 4 is 40.1 Å². The first-order valence-electron chi connectivity index (χ1n) is 11.5. The summed E-state index contributed by atoms with van der Waals surface area (Å²) in [5.41, 5.74) is 4.37. The maximum atomic E-state index is 13.2. The molecule has 1 heterocycles. The van der Waals surface area contributed by atoms with Crippen LogP contribution in [0.1, 0.15) is 64.2 Å². The van der Waals surface area contributed by atoms with Crippen LogP contribution in [0.4, 0.5) is 14.7 Å². The van der Waals surface area contributed by atoms with Gasteiger partial charge in [-0.3, -0.25) is 0 Å². The number of benzene rings is 1. The molecule has 0 radical (unpaired) electrons. The highest BCUT2D eigenvalue weighted by atomic mass is 35.5. The van der Waals surface area contributed by atoms with E-state index in [1.165, 1.54) is 29.2 Å². The van der Waals surface area contributed by atoms with Gasteiger partial charge in [0.25, 0.3) is 0 Å². The number of thiazole rings is 1. The molecule has 9 heteroatoms. The van der Waals surface area contributed by atoms with Crippen LogP contribution < -0.4 is 21.1 Å². The highest BCUT2D eigenvalue weighted by Crippen LogP contribution is 2.28. The number of nitrogens with one attached hydrogen (secondary N) is 3. The number of nitrogens with zero attached hydrogens (tertiary/aromatic N) is 2. The maximum absolute atomic E-state index is 13.2. The molecule has 0 atom stereocenters. The van der Waals surface area contributed by atoms with Crippen molar-refractivity contribution in [3.05, 3.63) is 34.7 Å². The Bertz CT molecular complexity index is 907. The molecule has 2 aliphatic rings. The molecule has 4 amide bonds. The number of carbonyl (C=O) groups is 2. The van der Waals surface area contributed by atoms with Gasteiger partial charge in [-0.15, -0.1) is 11.3 Å². The minimum absolute atomic E-state index is 0.123. The minimum Gasteiger partial charge on any atom is -0.334 e. The molecule has 1 aromatic heterocycles. The Hall–Kier alpha value is -2.32. The Labute approximate surface area is 197 Å². The average molecular weight is 476 g/mol. The lowest BCUT2D eigenvalue weighted by atomic mass is 9.96. The van der Waals surface area contributed by atoms with Crippen molar-refractivity contribution in [1.82, 2.24) is 21.0 Å². The number of rotatable bonds is 4. The predicted molar refractivity (Wildman–Crippen MR) is 129 cm³/mol. The summed E-state index contributed by atoms with van der Waals surface area (Å²) in [6, 6.07) is 6.92. The Morgan fingerprint density at radius 1 is 0.906 bits per heavy atom. The third-order valence-corrected chi connectivity index (χ3v) is 7.19. The normalized spacial score (nSPS) is 17.5. The van der Waals surface area contributed by atoms with Gasteiger partial charge in [-0.1, -0.05) is 62.3 Å². The lowest BCUT2D eigenvalue weighted by Crippen LogP contribution is -2.57. The molecule has 2 aliphatic carbocycles. The number of amides is 4. The lowest BCUT2D eigenvalue weighted by molar-refractivity contribution is 0.222. The zero-order chi connectivity index (χ0) is 22.3. The molecule has 3 N–H and O–H groups in total. The molecule has 0 spiro atoms. The van der Waals surface area contributed by atoms with Gasteiger partial charge >= 0.3 is 12.1 Å². The van der Waals surface area contributed by atoms with E-state index in [0.717, 1.165) is 62.6 Å². The van der Waals surface area contributed by atoms with Crippen LogP contribution in [0.2, 0.25) is 5.02 Å². The molecule has 2 saturated carbocycles. The van der Waals surface area contributed by atoms with E-state index in [2.05, 4.69) is 21.0 Å². The second kappa shape index (κ2) is 11.0. The lowest BCUT2D eigenvalue weighted by Gasteiger charge is -2.28. The first-order chi connectivity index (χ1) is 15.6. The first kappa shape index (κ1) is 22.9. The molecule has 1 aromatic carbocycles. The van der Waals surface area contributed by atoms with E-state index >= 15 is 0 Å². The van der Waals surface area contributed by atoms with Gasteiger partial charge in [-0.05, 0) is 37.8 Å². The summed E-state index contributed by atoms with van der Waals surface area (Å²) >= 11 is 7.31. The third kappa shape index (κ3) is 6.13. The molecule has 0 saturated heterocycles. The van der Waals surface area contributed by atoms with Crippen LogP contribution in [0.3, 0.4) is 0 Å². The summed E-state index contributed by atoms with van der Waals surface area (Å²) in [6.07, 6.45) is 10.7. The van der Waals surface area contributed by atoms with Crippen molar-refractivity contribution in [3.8, 4) is 11.3 Å². The molecule has 4 rings (SSSR count). The topological polar surface area (TPSA) is 86.4 Å². The fraction of sp³-hybridized carbons (Fsp3) is 0.522. The SMILES string of the molecule is O=C(NC1CCCCC1)NN(C(=O)NC1CCCCC1)c1nc(-c2ccc(Cl)cc2)cs1. The van der Waals surface area contributed by atoms with Crippen molar-refractivity contribution in [1.29, 1.82) is 0 Å². The van der Waals surface area contributed by atoms with Gasteiger partial charge in [-0.25, -0.2) is 20.0 Å². The molecule has 2 aromatic rings. The van der Waals surface area contributed by atoms with Gasteiger partial charge in [0.1, 0.15) is 0 Å². The largest absolute Gasteiger partial charge is 0.343 e. The number of hydrazine groups is 1. The highest BCUT2D eigenvalue weighted by molar-refractivity contribution is 7.14. The molecule has 32 heavy (non-hydrogen) atoms. The molecule has 0 unspecified atom stereocenters. The van der Waals surface area contributed by atoms with Gasteiger partial charge in [-0.2, -0.15) is 5.01 Å². The Kier molecular flexibility index (Phi) is 7.86. The van der Waals surface area contributed by atoms with E-state index in [-0.39, 0.29) is 24.1 Å². The molecule has 0 aliphatic heterocycles. The van der Waals surface area contributed by atoms with Gasteiger partial charge in [0, 0.05) is 28.0 Å². The van der Waals surface area contributed by atoms with Crippen LogP contribution in [0, 0.1) is 0 Å². The van der Waals surface area contributed by atoms with E-state index in [0.29, 0.717) is 10.2 Å². The summed E-state index contributed by atoms with van der Waals surface area (Å²) in [5.74, 6) is 0. The van der Waals surface area contributed by atoms with E-state index in [4.69, 9.17) is 11.6 Å². The maximum Gasteiger partial charge on any atom is 0.343 e. The third-order valence-electron chi connectivity index (χ3n) is 6.11. The summed E-state index contributed by atoms with van der Waals surface area (Å²) in [4.78, 5) is 30.5. The molecule has 172 valence electrons. The van der Waals surface area contributed by atoms with E-state index < -0.39 is 0 Å². The minimum atomic E-state index is -0.376. The van der Waals surface area contributed by atoms with Crippen LogP contribution in [0.25, 0.3) is 11.3 Å². The smallest absolute Gasteiger partial charge is 0.334 e. The van der Waals surface area contributed by atoms with E-state index in [1.807, 2.05) is 17.5 Å². The molecular formula is C23H30ClN5O2S. The van der Waals surface area contributed by atoms with Crippen LogP contribution in [-0.2, 0) is 0 Å². The molecular weight excluding hydrogens is 446 g/mol. The highest BCUT2D eigenvalue weighted by Gasteiger charge is 2.26. The Balaban J connectivity index is 1.49. The summed E-state index contributed by atoms with van der Waals surface area (Å²) < 4.78 is 0. The predicted octanol–water partition coefficient (Wildman–Crippen LogP) is 5.86. The van der Waals surface area contributed by atoms with Gasteiger partial charge in [0.05, 0.1) is 5.69 Å². The van der Waals surface area contributed by atoms with Crippen molar-refractivity contribution in [2.75, 3.05) is 5.01 Å². The number of anilines is 1. The van der Waals surface area contributed by atoms with E-state index in [1.54, 1.807) is 12.1 Å². The van der Waals surface area contributed by atoms with Gasteiger partial charge < -0.3 is 10.6 Å². The average Bonchev–Trinajstić information content (AvgIpc) is 3.29. The Morgan fingerprint density at radius 2 is 1.50 bits per heavy atom. The number of halogens is 1. The fourth-order valence-corrected chi connectivity index (χ4v) is 5.27. The second-order valence-electron chi connectivity index (χ2n) is 8.56. The number of hydrogen-bond donors (Lipinski definition) is 3. The molecule has 0 bridgehead atoms. The number of hydrogen-bond acceptors (Lipinski definition) is 4. The van der Waals surface area contributed by atoms with Crippen LogP contribution >= 0.6 is 22.9 Å². The van der Waals surface area contributed by atoms with Gasteiger partial charge in [0.2, 0.25) is 5.13 Å². The standard InChI is InChI=1S/C23H30ClN5O2S/c24-17-13-11-16(12-14-17)20-15-32-23(27-20)29(22(31)26-19-9-5-2-6-10-19)28-21(30)25-18-7-3-1-4-8-18/h11-15,18-19H,1-10H2,(H,26,31)(H2,25,28,30). The van der Waals surface area contributed by atoms with Crippen molar-refractivity contribution in [3.63, 3.8) is 0 Å². The van der Waals surface area contributed by atoms with Crippen molar-refractivity contribution < 1.29 is 9.59 Å².